The molecule has 0 aromatic heterocycles. The largest absolute Gasteiger partial charge is 0.313 e. The lowest BCUT2D eigenvalue weighted by molar-refractivity contribution is 0.244. The Balaban J connectivity index is 3.18. The molecule has 0 saturated heterocycles. The van der Waals surface area contributed by atoms with Gasteiger partial charge in [-0.1, -0.05) is 44.5 Å². The molecule has 1 N–H and O–H groups in total. The molecule has 0 aliphatic heterocycles. The molecule has 1 aromatic carbocycles. The van der Waals surface area contributed by atoms with Crippen molar-refractivity contribution in [2.45, 2.75) is 47.1 Å². The third kappa shape index (κ3) is 2.65. The number of hydrogen-bond donors (Lipinski definition) is 1. The van der Waals surface area contributed by atoms with Gasteiger partial charge in [0, 0.05) is 6.04 Å². The van der Waals surface area contributed by atoms with Gasteiger partial charge in [-0.3, -0.25) is 0 Å². The number of rotatable bonds is 4. The van der Waals surface area contributed by atoms with Crippen molar-refractivity contribution >= 4 is 0 Å². The highest BCUT2D eigenvalue weighted by atomic mass is 14.9. The van der Waals surface area contributed by atoms with Crippen LogP contribution in [0.2, 0.25) is 0 Å². The fourth-order valence-electron chi connectivity index (χ4n) is 2.24. The number of aryl methyl sites for hydroxylation is 2. The van der Waals surface area contributed by atoms with Crippen LogP contribution in [0.1, 0.15) is 49.9 Å². The van der Waals surface area contributed by atoms with Gasteiger partial charge in [-0.15, -0.1) is 0 Å². The van der Waals surface area contributed by atoms with E-state index >= 15 is 0 Å². The van der Waals surface area contributed by atoms with Crippen molar-refractivity contribution in [2.75, 3.05) is 7.05 Å². The molecule has 0 aliphatic carbocycles. The molecule has 0 heterocycles. The summed E-state index contributed by atoms with van der Waals surface area (Å²) in [5.41, 5.74) is 4.45. The van der Waals surface area contributed by atoms with Crippen molar-refractivity contribution in [3.63, 3.8) is 0 Å². The van der Waals surface area contributed by atoms with Gasteiger partial charge in [-0.2, -0.15) is 0 Å². The third-order valence-electron chi connectivity index (χ3n) is 3.73. The Kier molecular flexibility index (Phi) is 4.15. The summed E-state index contributed by atoms with van der Waals surface area (Å²) in [6.45, 7) is 11.3. The number of hydrogen-bond acceptors (Lipinski definition) is 1. The second-order valence-electron chi connectivity index (χ2n) is 5.42. The average Bonchev–Trinajstić information content (AvgIpc) is 2.24. The van der Waals surface area contributed by atoms with Crippen LogP contribution >= 0.6 is 0 Å². The summed E-state index contributed by atoms with van der Waals surface area (Å²) < 4.78 is 0. The Labute approximate surface area is 100 Å². The maximum absolute atomic E-state index is 3.48. The first-order valence-electron chi connectivity index (χ1n) is 6.16. The molecule has 1 atom stereocenters. The van der Waals surface area contributed by atoms with E-state index in [0.29, 0.717) is 6.04 Å². The van der Waals surface area contributed by atoms with Crippen LogP contribution in [0.3, 0.4) is 0 Å². The molecule has 16 heavy (non-hydrogen) atoms. The molecule has 0 spiro atoms. The lowest BCUT2D eigenvalue weighted by Crippen LogP contribution is -2.32. The van der Waals surface area contributed by atoms with E-state index in [-0.39, 0.29) is 5.41 Å². The second kappa shape index (κ2) is 5.01. The zero-order chi connectivity index (χ0) is 12.3. The SMILES string of the molecule is CCC(C)(C)C(NC)c1cc(C)ccc1C. The van der Waals surface area contributed by atoms with Gasteiger partial charge in [0.15, 0.2) is 0 Å². The molecule has 1 unspecified atom stereocenters. The van der Waals surface area contributed by atoms with Gasteiger partial charge in [-0.05, 0) is 43.9 Å². The number of nitrogens with one attached hydrogen (secondary N) is 1. The van der Waals surface area contributed by atoms with Crippen LogP contribution in [0.25, 0.3) is 0 Å². The fourth-order valence-corrected chi connectivity index (χ4v) is 2.24. The Morgan fingerprint density at radius 3 is 2.38 bits per heavy atom. The van der Waals surface area contributed by atoms with Gasteiger partial charge in [-0.25, -0.2) is 0 Å². The van der Waals surface area contributed by atoms with Crippen molar-refractivity contribution in [1.82, 2.24) is 5.32 Å². The van der Waals surface area contributed by atoms with Crippen molar-refractivity contribution in [1.29, 1.82) is 0 Å². The summed E-state index contributed by atoms with van der Waals surface area (Å²) in [7, 11) is 2.06. The molecule has 0 saturated carbocycles. The van der Waals surface area contributed by atoms with E-state index in [4.69, 9.17) is 0 Å². The quantitative estimate of drug-likeness (QED) is 0.807. The van der Waals surface area contributed by atoms with E-state index in [9.17, 15) is 0 Å². The summed E-state index contributed by atoms with van der Waals surface area (Å²) in [4.78, 5) is 0. The molecule has 1 nitrogen and oxygen atoms in total. The smallest absolute Gasteiger partial charge is 0.0372 e. The highest BCUT2D eigenvalue weighted by Gasteiger charge is 2.28. The van der Waals surface area contributed by atoms with Gasteiger partial charge in [0.05, 0.1) is 0 Å². The molecule has 1 rings (SSSR count). The standard InChI is InChI=1S/C15H25N/c1-7-15(4,5)14(16-6)13-10-11(2)8-9-12(13)3/h8-10,14,16H,7H2,1-6H3. The Morgan fingerprint density at radius 1 is 1.25 bits per heavy atom. The summed E-state index contributed by atoms with van der Waals surface area (Å²) in [6, 6.07) is 7.15. The highest BCUT2D eigenvalue weighted by Crippen LogP contribution is 2.37. The molecule has 0 fully saturated rings. The van der Waals surface area contributed by atoms with Crippen LogP contribution < -0.4 is 5.32 Å². The zero-order valence-electron chi connectivity index (χ0n) is 11.5. The molecule has 1 heteroatoms. The van der Waals surface area contributed by atoms with Crippen molar-refractivity contribution in [3.8, 4) is 0 Å². The minimum Gasteiger partial charge on any atom is -0.313 e. The lowest BCUT2D eigenvalue weighted by Gasteiger charge is -2.34. The van der Waals surface area contributed by atoms with E-state index < -0.39 is 0 Å². The maximum Gasteiger partial charge on any atom is 0.0372 e. The highest BCUT2D eigenvalue weighted by molar-refractivity contribution is 5.34. The van der Waals surface area contributed by atoms with Gasteiger partial charge in [0.1, 0.15) is 0 Å². The molecule has 90 valence electrons. The lowest BCUT2D eigenvalue weighted by atomic mass is 9.77. The summed E-state index contributed by atoms with van der Waals surface area (Å²) in [5, 5.41) is 3.48. The molecule has 1 aromatic rings. The minimum absolute atomic E-state index is 0.285. The first-order chi connectivity index (χ1) is 7.42. The predicted octanol–water partition coefficient (Wildman–Crippen LogP) is 4.00. The predicted molar refractivity (Wildman–Crippen MR) is 71.8 cm³/mol. The second-order valence-corrected chi connectivity index (χ2v) is 5.42. The van der Waals surface area contributed by atoms with Crippen LogP contribution in [0.4, 0.5) is 0 Å². The maximum atomic E-state index is 3.48. The summed E-state index contributed by atoms with van der Waals surface area (Å²) in [5.74, 6) is 0. The van der Waals surface area contributed by atoms with E-state index in [0.717, 1.165) is 0 Å². The van der Waals surface area contributed by atoms with Crippen LogP contribution in [0.5, 0.6) is 0 Å². The normalized spacial score (nSPS) is 13.9. The fraction of sp³-hybridized carbons (Fsp3) is 0.600. The molecular weight excluding hydrogens is 194 g/mol. The monoisotopic (exact) mass is 219 g/mol. The molecule has 0 amide bonds. The van der Waals surface area contributed by atoms with Gasteiger partial charge in [0.2, 0.25) is 0 Å². The molecule has 0 radical (unpaired) electrons. The Bertz CT molecular complexity index is 352. The summed E-state index contributed by atoms with van der Waals surface area (Å²) >= 11 is 0. The van der Waals surface area contributed by atoms with Crippen molar-refractivity contribution in [2.24, 2.45) is 5.41 Å². The van der Waals surface area contributed by atoms with Crippen molar-refractivity contribution < 1.29 is 0 Å². The summed E-state index contributed by atoms with van der Waals surface area (Å²) in [6.07, 6.45) is 1.17. The minimum atomic E-state index is 0.285. The van der Waals surface area contributed by atoms with E-state index in [2.05, 4.69) is 65.2 Å². The van der Waals surface area contributed by atoms with Crippen LogP contribution in [-0.2, 0) is 0 Å². The van der Waals surface area contributed by atoms with Crippen LogP contribution in [0.15, 0.2) is 18.2 Å². The van der Waals surface area contributed by atoms with E-state index in [1.54, 1.807) is 0 Å². The molecule has 0 aliphatic rings. The topological polar surface area (TPSA) is 12.0 Å². The third-order valence-corrected chi connectivity index (χ3v) is 3.73. The first kappa shape index (κ1) is 13.2. The molecular formula is C15H25N. The Hall–Kier alpha value is -0.820. The van der Waals surface area contributed by atoms with Crippen LogP contribution in [-0.4, -0.2) is 7.05 Å². The first-order valence-corrected chi connectivity index (χ1v) is 6.16. The zero-order valence-corrected chi connectivity index (χ0v) is 11.5. The Morgan fingerprint density at radius 2 is 1.88 bits per heavy atom. The van der Waals surface area contributed by atoms with Crippen LogP contribution in [0, 0.1) is 19.3 Å². The van der Waals surface area contributed by atoms with E-state index in [1.807, 2.05) is 0 Å². The number of benzene rings is 1. The van der Waals surface area contributed by atoms with E-state index in [1.165, 1.54) is 23.1 Å². The average molecular weight is 219 g/mol. The van der Waals surface area contributed by atoms with Gasteiger partial charge >= 0.3 is 0 Å². The molecule has 0 bridgehead atoms. The van der Waals surface area contributed by atoms with Crippen molar-refractivity contribution in [3.05, 3.63) is 34.9 Å². The van der Waals surface area contributed by atoms with Gasteiger partial charge in [0.25, 0.3) is 0 Å². The van der Waals surface area contributed by atoms with Gasteiger partial charge < -0.3 is 5.32 Å².